The third kappa shape index (κ3) is 4.51. The van der Waals surface area contributed by atoms with Gasteiger partial charge in [0, 0.05) is 24.0 Å². The molecule has 0 aliphatic carbocycles. The summed E-state index contributed by atoms with van der Waals surface area (Å²) in [6, 6.07) is 6.88. The Morgan fingerprint density at radius 3 is 2.59 bits per heavy atom. The second kappa shape index (κ2) is 9.57. The Hall–Kier alpha value is -2.47. The molecule has 1 saturated heterocycles. The number of carbonyl (C=O) groups is 1. The highest BCUT2D eigenvalue weighted by atomic mass is 32.2. The molecule has 0 spiro atoms. The van der Waals surface area contributed by atoms with E-state index in [1.54, 1.807) is 37.1 Å². The van der Waals surface area contributed by atoms with Crippen molar-refractivity contribution in [2.75, 3.05) is 32.6 Å². The second-order valence-corrected chi connectivity index (χ2v) is 10.8. The van der Waals surface area contributed by atoms with Crippen molar-refractivity contribution in [2.45, 2.75) is 24.2 Å². The Bertz CT molecular complexity index is 1210. The lowest BCUT2D eigenvalue weighted by molar-refractivity contribution is 0.102. The van der Waals surface area contributed by atoms with E-state index in [2.05, 4.69) is 10.3 Å². The number of amides is 1. The monoisotopic (exact) mass is 493 g/mol. The van der Waals surface area contributed by atoms with Crippen LogP contribution in [-0.2, 0) is 10.0 Å². The molecule has 8 nitrogen and oxygen atoms in total. The van der Waals surface area contributed by atoms with Crippen LogP contribution in [0.2, 0.25) is 0 Å². The number of aromatic nitrogens is 1. The van der Waals surface area contributed by atoms with Crippen molar-refractivity contribution < 1.29 is 22.7 Å². The molecule has 32 heavy (non-hydrogen) atoms. The Labute approximate surface area is 194 Å². The number of sulfonamides is 1. The molecule has 1 aliphatic heterocycles. The van der Waals surface area contributed by atoms with Crippen molar-refractivity contribution in [1.29, 1.82) is 0 Å². The summed E-state index contributed by atoms with van der Waals surface area (Å²) in [5.41, 5.74) is 1.35. The number of thiazole rings is 1. The quantitative estimate of drug-likeness (QED) is 0.527. The van der Waals surface area contributed by atoms with Crippen LogP contribution in [0.5, 0.6) is 11.5 Å². The highest BCUT2D eigenvalue weighted by Crippen LogP contribution is 2.35. The molecule has 3 aromatic rings. The molecule has 4 rings (SSSR count). The van der Waals surface area contributed by atoms with E-state index in [0.717, 1.165) is 36.2 Å². The first-order valence-corrected chi connectivity index (χ1v) is 13.2. The van der Waals surface area contributed by atoms with Crippen LogP contribution in [0.4, 0.5) is 5.13 Å². The predicted octanol–water partition coefficient (Wildman–Crippen LogP) is 4.32. The number of thiophene rings is 1. The first-order chi connectivity index (χ1) is 15.4. The SMILES string of the molecule is COc1ccc(OC)c(-c2csc(NC(=O)c3sccc3S(=O)(=O)N3CCCCC3)n2)c1. The van der Waals surface area contributed by atoms with Gasteiger partial charge in [-0.3, -0.25) is 10.1 Å². The summed E-state index contributed by atoms with van der Waals surface area (Å²) in [6.45, 7) is 0.967. The normalized spacial score (nSPS) is 14.8. The number of anilines is 1. The molecule has 0 atom stereocenters. The van der Waals surface area contributed by atoms with Crippen LogP contribution in [-0.4, -0.2) is 50.9 Å². The van der Waals surface area contributed by atoms with Gasteiger partial charge >= 0.3 is 0 Å². The van der Waals surface area contributed by atoms with Crippen molar-refractivity contribution in [3.63, 3.8) is 0 Å². The van der Waals surface area contributed by atoms with Gasteiger partial charge in [0.25, 0.3) is 5.91 Å². The summed E-state index contributed by atoms with van der Waals surface area (Å²) in [4.78, 5) is 17.6. The summed E-state index contributed by atoms with van der Waals surface area (Å²) in [6.07, 6.45) is 2.69. The van der Waals surface area contributed by atoms with Crippen LogP contribution in [0.1, 0.15) is 28.9 Å². The van der Waals surface area contributed by atoms with Crippen LogP contribution < -0.4 is 14.8 Å². The number of hydrogen-bond acceptors (Lipinski definition) is 8. The highest BCUT2D eigenvalue weighted by Gasteiger charge is 2.31. The fourth-order valence-corrected chi connectivity index (χ4v) is 7.05. The molecule has 1 aliphatic rings. The van der Waals surface area contributed by atoms with E-state index >= 15 is 0 Å². The molecule has 11 heteroatoms. The number of benzene rings is 1. The summed E-state index contributed by atoms with van der Waals surface area (Å²) >= 11 is 2.35. The van der Waals surface area contributed by atoms with E-state index in [-0.39, 0.29) is 9.77 Å². The van der Waals surface area contributed by atoms with Crippen molar-refractivity contribution in [1.82, 2.24) is 9.29 Å². The fraction of sp³-hybridized carbons (Fsp3) is 0.333. The van der Waals surface area contributed by atoms with Gasteiger partial charge in [-0.05, 0) is 42.5 Å². The molecule has 0 radical (unpaired) electrons. The maximum Gasteiger partial charge on any atom is 0.268 e. The Balaban J connectivity index is 1.56. The minimum Gasteiger partial charge on any atom is -0.497 e. The summed E-state index contributed by atoms with van der Waals surface area (Å²) in [7, 11) is -0.557. The third-order valence-corrected chi connectivity index (χ3v) is 8.92. The van der Waals surface area contributed by atoms with E-state index in [1.807, 2.05) is 6.07 Å². The molecule has 0 unspecified atom stereocenters. The van der Waals surface area contributed by atoms with Gasteiger partial charge in [0.05, 0.1) is 19.9 Å². The first kappa shape index (κ1) is 22.7. The Kier molecular flexibility index (Phi) is 6.79. The van der Waals surface area contributed by atoms with Gasteiger partial charge in [0.15, 0.2) is 5.13 Å². The largest absolute Gasteiger partial charge is 0.497 e. The number of piperidine rings is 1. The van der Waals surface area contributed by atoms with Crippen LogP contribution >= 0.6 is 22.7 Å². The number of carbonyl (C=O) groups excluding carboxylic acids is 1. The van der Waals surface area contributed by atoms with Crippen LogP contribution in [0.15, 0.2) is 39.9 Å². The average molecular weight is 494 g/mol. The zero-order chi connectivity index (χ0) is 22.7. The van der Waals surface area contributed by atoms with Crippen molar-refractivity contribution in [2.24, 2.45) is 0 Å². The van der Waals surface area contributed by atoms with E-state index in [4.69, 9.17) is 9.47 Å². The average Bonchev–Trinajstić information content (AvgIpc) is 3.49. The molecule has 1 aromatic carbocycles. The van der Waals surface area contributed by atoms with E-state index < -0.39 is 15.9 Å². The van der Waals surface area contributed by atoms with E-state index in [1.165, 1.54) is 21.7 Å². The summed E-state index contributed by atoms with van der Waals surface area (Å²) < 4.78 is 38.3. The molecular formula is C21H23N3O5S3. The predicted molar refractivity (Wildman–Crippen MR) is 126 cm³/mol. The molecule has 2 aromatic heterocycles. The number of hydrogen-bond donors (Lipinski definition) is 1. The van der Waals surface area contributed by atoms with Crippen molar-refractivity contribution in [3.8, 4) is 22.8 Å². The Morgan fingerprint density at radius 1 is 1.09 bits per heavy atom. The van der Waals surface area contributed by atoms with Crippen LogP contribution in [0.3, 0.4) is 0 Å². The second-order valence-electron chi connectivity index (χ2n) is 7.14. The summed E-state index contributed by atoms with van der Waals surface area (Å²) in [5.74, 6) is 0.793. The molecule has 0 saturated carbocycles. The van der Waals surface area contributed by atoms with Crippen LogP contribution in [0.25, 0.3) is 11.3 Å². The molecule has 170 valence electrons. The van der Waals surface area contributed by atoms with Gasteiger partial charge in [-0.15, -0.1) is 22.7 Å². The van der Waals surface area contributed by atoms with Gasteiger partial charge in [0.2, 0.25) is 10.0 Å². The zero-order valence-corrected chi connectivity index (χ0v) is 20.1. The smallest absolute Gasteiger partial charge is 0.268 e. The minimum absolute atomic E-state index is 0.0492. The van der Waals surface area contributed by atoms with Gasteiger partial charge in [-0.1, -0.05) is 6.42 Å². The zero-order valence-electron chi connectivity index (χ0n) is 17.7. The molecule has 1 amide bonds. The van der Waals surface area contributed by atoms with Gasteiger partial charge in [-0.25, -0.2) is 13.4 Å². The molecular weight excluding hydrogens is 470 g/mol. The number of nitrogens with one attached hydrogen (secondary N) is 1. The van der Waals surface area contributed by atoms with Crippen molar-refractivity contribution in [3.05, 3.63) is 39.9 Å². The van der Waals surface area contributed by atoms with Gasteiger partial charge < -0.3 is 9.47 Å². The third-order valence-electron chi connectivity index (χ3n) is 5.18. The number of rotatable bonds is 7. The summed E-state index contributed by atoms with van der Waals surface area (Å²) in [5, 5.41) is 6.53. The minimum atomic E-state index is -3.71. The van der Waals surface area contributed by atoms with Gasteiger partial charge in [0.1, 0.15) is 21.3 Å². The van der Waals surface area contributed by atoms with E-state index in [9.17, 15) is 13.2 Å². The molecule has 1 fully saturated rings. The fourth-order valence-electron chi connectivity index (χ4n) is 3.53. The molecule has 3 heterocycles. The van der Waals surface area contributed by atoms with Crippen LogP contribution in [0, 0.1) is 0 Å². The number of methoxy groups -OCH3 is 2. The topological polar surface area (TPSA) is 97.8 Å². The first-order valence-electron chi connectivity index (χ1n) is 10.0. The Morgan fingerprint density at radius 2 is 1.88 bits per heavy atom. The van der Waals surface area contributed by atoms with Gasteiger partial charge in [-0.2, -0.15) is 4.31 Å². The van der Waals surface area contributed by atoms with Crippen molar-refractivity contribution >= 4 is 43.7 Å². The molecule has 0 bridgehead atoms. The number of nitrogens with zero attached hydrogens (tertiary/aromatic N) is 2. The lowest BCUT2D eigenvalue weighted by atomic mass is 10.1. The lowest BCUT2D eigenvalue weighted by Gasteiger charge is -2.25. The highest BCUT2D eigenvalue weighted by molar-refractivity contribution is 7.89. The van der Waals surface area contributed by atoms with E-state index in [0.29, 0.717) is 35.4 Å². The lowest BCUT2D eigenvalue weighted by Crippen LogP contribution is -2.36. The number of ether oxygens (including phenoxy) is 2. The maximum absolute atomic E-state index is 13.1. The maximum atomic E-state index is 13.1. The standard InChI is InChI=1S/C21H23N3O5S3/c1-28-14-6-7-17(29-2)15(12-14)16-13-31-21(22-16)23-20(25)19-18(8-11-30-19)32(26,27)24-9-4-3-5-10-24/h6-8,11-13H,3-5,9-10H2,1-2H3,(H,22,23,25). The molecule has 1 N–H and O–H groups in total.